The highest BCUT2D eigenvalue weighted by molar-refractivity contribution is 5.93. The minimum Gasteiger partial charge on any atom is -0.465 e. The van der Waals surface area contributed by atoms with Gasteiger partial charge in [-0.1, -0.05) is 0 Å². The standard InChI is InChI=1S/C11H8F3N3O2/c1-19-10(18)8-3-2-7(11(12,13)14)4-9(8)17-5-15-16-6-17/h2-6H,1H3. The largest absolute Gasteiger partial charge is 0.465 e. The number of aromatic nitrogens is 3. The maximum atomic E-state index is 12.7. The lowest BCUT2D eigenvalue weighted by atomic mass is 10.1. The first-order valence-electron chi connectivity index (χ1n) is 5.08. The van der Waals surface area contributed by atoms with Gasteiger partial charge in [-0.3, -0.25) is 4.57 Å². The van der Waals surface area contributed by atoms with E-state index in [1.54, 1.807) is 0 Å². The summed E-state index contributed by atoms with van der Waals surface area (Å²) in [5, 5.41) is 6.99. The maximum absolute atomic E-state index is 12.7. The molecule has 2 aromatic rings. The monoisotopic (exact) mass is 271 g/mol. The molecule has 0 atom stereocenters. The van der Waals surface area contributed by atoms with Crippen molar-refractivity contribution in [3.8, 4) is 5.69 Å². The predicted molar refractivity (Wildman–Crippen MR) is 57.7 cm³/mol. The van der Waals surface area contributed by atoms with Crippen LogP contribution < -0.4 is 0 Å². The van der Waals surface area contributed by atoms with E-state index < -0.39 is 17.7 Å². The van der Waals surface area contributed by atoms with Crippen molar-refractivity contribution in [3.63, 3.8) is 0 Å². The molecule has 0 saturated heterocycles. The Hall–Kier alpha value is -2.38. The molecule has 0 unspecified atom stereocenters. The molecular formula is C11H8F3N3O2. The number of methoxy groups -OCH3 is 1. The predicted octanol–water partition coefficient (Wildman–Crippen LogP) is 2.07. The number of hydrogen-bond acceptors (Lipinski definition) is 4. The van der Waals surface area contributed by atoms with Gasteiger partial charge in [-0.05, 0) is 18.2 Å². The smallest absolute Gasteiger partial charge is 0.416 e. The number of carbonyl (C=O) groups is 1. The van der Waals surface area contributed by atoms with E-state index in [1.807, 2.05) is 0 Å². The number of alkyl halides is 3. The molecule has 0 aliphatic rings. The second-order valence-electron chi connectivity index (χ2n) is 3.59. The van der Waals surface area contributed by atoms with Crippen molar-refractivity contribution in [3.05, 3.63) is 42.0 Å². The molecule has 0 bridgehead atoms. The Kier molecular flexibility index (Phi) is 3.24. The van der Waals surface area contributed by atoms with Gasteiger partial charge in [0.05, 0.1) is 23.9 Å². The Labute approximate surface area is 105 Å². The van der Waals surface area contributed by atoms with Crippen LogP contribution in [0, 0.1) is 0 Å². The van der Waals surface area contributed by atoms with E-state index in [0.717, 1.165) is 25.3 Å². The Morgan fingerprint density at radius 3 is 2.42 bits per heavy atom. The van der Waals surface area contributed by atoms with E-state index in [2.05, 4.69) is 14.9 Å². The molecule has 19 heavy (non-hydrogen) atoms. The van der Waals surface area contributed by atoms with Crippen molar-refractivity contribution in [2.45, 2.75) is 6.18 Å². The Morgan fingerprint density at radius 1 is 1.26 bits per heavy atom. The number of rotatable bonds is 2. The fourth-order valence-electron chi connectivity index (χ4n) is 1.53. The summed E-state index contributed by atoms with van der Waals surface area (Å²) in [7, 11) is 1.15. The number of benzene rings is 1. The molecule has 0 spiro atoms. The normalized spacial score (nSPS) is 11.4. The zero-order chi connectivity index (χ0) is 14.0. The highest BCUT2D eigenvalue weighted by atomic mass is 19.4. The zero-order valence-corrected chi connectivity index (χ0v) is 9.68. The van der Waals surface area contributed by atoms with E-state index in [9.17, 15) is 18.0 Å². The minimum atomic E-state index is -4.50. The minimum absolute atomic E-state index is 0.00435. The second-order valence-corrected chi connectivity index (χ2v) is 3.59. The van der Waals surface area contributed by atoms with Crippen LogP contribution in [-0.2, 0) is 10.9 Å². The molecule has 0 amide bonds. The van der Waals surface area contributed by atoms with Gasteiger partial charge >= 0.3 is 12.1 Å². The van der Waals surface area contributed by atoms with E-state index in [1.165, 1.54) is 17.2 Å². The first kappa shape index (κ1) is 13.1. The van der Waals surface area contributed by atoms with Gasteiger partial charge in [0.2, 0.25) is 0 Å². The van der Waals surface area contributed by atoms with Crippen LogP contribution in [0.4, 0.5) is 13.2 Å². The summed E-state index contributed by atoms with van der Waals surface area (Å²) < 4.78 is 43.7. The Morgan fingerprint density at radius 2 is 1.89 bits per heavy atom. The van der Waals surface area contributed by atoms with Gasteiger partial charge in [0.15, 0.2) is 0 Å². The summed E-state index contributed by atoms with van der Waals surface area (Å²) in [6.07, 6.45) is -2.11. The molecule has 5 nitrogen and oxygen atoms in total. The third kappa shape index (κ3) is 2.56. The number of carbonyl (C=O) groups excluding carboxylic acids is 1. The van der Waals surface area contributed by atoms with Gasteiger partial charge in [-0.25, -0.2) is 4.79 Å². The maximum Gasteiger partial charge on any atom is 0.416 e. The van der Waals surface area contributed by atoms with Crippen molar-refractivity contribution < 1.29 is 22.7 Å². The first-order chi connectivity index (χ1) is 8.93. The molecule has 0 N–H and O–H groups in total. The van der Waals surface area contributed by atoms with Crippen molar-refractivity contribution in [2.24, 2.45) is 0 Å². The number of esters is 1. The van der Waals surface area contributed by atoms with Crippen molar-refractivity contribution in [1.82, 2.24) is 14.8 Å². The quantitative estimate of drug-likeness (QED) is 0.785. The fraction of sp³-hybridized carbons (Fsp3) is 0.182. The lowest BCUT2D eigenvalue weighted by Gasteiger charge is -2.12. The van der Waals surface area contributed by atoms with Crippen molar-refractivity contribution >= 4 is 5.97 Å². The third-order valence-electron chi connectivity index (χ3n) is 2.43. The summed E-state index contributed by atoms with van der Waals surface area (Å²) in [6.45, 7) is 0. The second kappa shape index (κ2) is 4.71. The number of halogens is 3. The fourth-order valence-corrected chi connectivity index (χ4v) is 1.53. The van der Waals surface area contributed by atoms with Crippen LogP contribution >= 0.6 is 0 Å². The average molecular weight is 271 g/mol. The Balaban J connectivity index is 2.61. The van der Waals surface area contributed by atoms with Crippen LogP contribution in [-0.4, -0.2) is 27.8 Å². The molecule has 0 aliphatic carbocycles. The SMILES string of the molecule is COC(=O)c1ccc(C(F)(F)F)cc1-n1cnnc1. The van der Waals surface area contributed by atoms with Crippen LogP contribution in [0.15, 0.2) is 30.9 Å². The van der Waals surface area contributed by atoms with Crippen LogP contribution in [0.2, 0.25) is 0 Å². The highest BCUT2D eigenvalue weighted by Crippen LogP contribution is 2.31. The summed E-state index contributed by atoms with van der Waals surface area (Å²) in [6, 6.07) is 2.72. The summed E-state index contributed by atoms with van der Waals surface area (Å²) in [4.78, 5) is 11.5. The molecule has 0 aliphatic heterocycles. The molecule has 100 valence electrons. The lowest BCUT2D eigenvalue weighted by molar-refractivity contribution is -0.137. The number of hydrogen-bond donors (Lipinski definition) is 0. The van der Waals surface area contributed by atoms with Gasteiger partial charge in [-0.15, -0.1) is 10.2 Å². The van der Waals surface area contributed by atoms with Crippen LogP contribution in [0.25, 0.3) is 5.69 Å². The van der Waals surface area contributed by atoms with Gasteiger partial charge < -0.3 is 4.74 Å². The van der Waals surface area contributed by atoms with Gasteiger partial charge in [0.1, 0.15) is 12.7 Å². The molecule has 1 heterocycles. The van der Waals surface area contributed by atoms with Gasteiger partial charge in [0, 0.05) is 0 Å². The molecular weight excluding hydrogens is 263 g/mol. The molecule has 0 radical (unpaired) electrons. The molecule has 8 heteroatoms. The molecule has 0 fully saturated rings. The Bertz CT molecular complexity index is 594. The van der Waals surface area contributed by atoms with Gasteiger partial charge in [0.25, 0.3) is 0 Å². The van der Waals surface area contributed by atoms with Crippen LogP contribution in [0.1, 0.15) is 15.9 Å². The topological polar surface area (TPSA) is 57.0 Å². The van der Waals surface area contributed by atoms with Crippen molar-refractivity contribution in [2.75, 3.05) is 7.11 Å². The number of ether oxygens (including phenoxy) is 1. The lowest BCUT2D eigenvalue weighted by Crippen LogP contribution is -2.11. The molecule has 2 rings (SSSR count). The highest BCUT2D eigenvalue weighted by Gasteiger charge is 2.31. The van der Waals surface area contributed by atoms with Gasteiger partial charge in [-0.2, -0.15) is 13.2 Å². The summed E-state index contributed by atoms with van der Waals surface area (Å²) >= 11 is 0. The molecule has 0 saturated carbocycles. The van der Waals surface area contributed by atoms with E-state index in [0.29, 0.717) is 0 Å². The van der Waals surface area contributed by atoms with Crippen LogP contribution in [0.5, 0.6) is 0 Å². The molecule has 1 aromatic heterocycles. The van der Waals surface area contributed by atoms with E-state index in [4.69, 9.17) is 0 Å². The van der Waals surface area contributed by atoms with E-state index in [-0.39, 0.29) is 11.3 Å². The van der Waals surface area contributed by atoms with Crippen LogP contribution in [0.3, 0.4) is 0 Å². The number of nitrogens with zero attached hydrogens (tertiary/aromatic N) is 3. The average Bonchev–Trinajstić information content (AvgIpc) is 2.89. The summed E-state index contributed by atoms with van der Waals surface area (Å²) in [5.74, 6) is -0.738. The van der Waals surface area contributed by atoms with E-state index >= 15 is 0 Å². The van der Waals surface area contributed by atoms with Crippen molar-refractivity contribution in [1.29, 1.82) is 0 Å². The zero-order valence-electron chi connectivity index (χ0n) is 9.68. The summed E-state index contributed by atoms with van der Waals surface area (Å²) in [5.41, 5.74) is -0.870. The third-order valence-corrected chi connectivity index (χ3v) is 2.43. The molecule has 1 aromatic carbocycles. The first-order valence-corrected chi connectivity index (χ1v) is 5.08.